The van der Waals surface area contributed by atoms with Crippen LogP contribution < -0.4 is 10.9 Å². The van der Waals surface area contributed by atoms with Crippen LogP contribution in [0.25, 0.3) is 11.0 Å². The Hall–Kier alpha value is -2.68. The van der Waals surface area contributed by atoms with Gasteiger partial charge in [-0.15, -0.1) is 0 Å². The van der Waals surface area contributed by atoms with Gasteiger partial charge in [-0.3, -0.25) is 14.2 Å². The van der Waals surface area contributed by atoms with E-state index in [9.17, 15) is 22.8 Å². The normalized spacial score (nSPS) is 11.6. The number of aromatic nitrogens is 2. The molecule has 0 atom stereocenters. The molecule has 0 saturated carbocycles. The predicted molar refractivity (Wildman–Crippen MR) is 97.0 cm³/mol. The molecule has 5 nitrogen and oxygen atoms in total. The monoisotopic (exact) mass is 439 g/mol. The van der Waals surface area contributed by atoms with E-state index in [2.05, 4.69) is 26.2 Å². The number of hydrogen-bond donors (Lipinski definition) is 1. The van der Waals surface area contributed by atoms with E-state index in [0.29, 0.717) is 0 Å². The summed E-state index contributed by atoms with van der Waals surface area (Å²) in [5, 5.41) is 2.60. The van der Waals surface area contributed by atoms with Gasteiger partial charge in [-0.1, -0.05) is 40.2 Å². The minimum atomic E-state index is -4.91. The lowest BCUT2D eigenvalue weighted by Gasteiger charge is -2.13. The zero-order valence-electron chi connectivity index (χ0n) is 13.8. The number of carbonyl (C=O) groups is 1. The summed E-state index contributed by atoms with van der Waals surface area (Å²) in [6, 6.07) is 13.1. The van der Waals surface area contributed by atoms with E-state index in [1.165, 1.54) is 18.2 Å². The number of para-hydroxylation sites is 2. The largest absolute Gasteiger partial charge is 0.438 e. The number of rotatable bonds is 4. The van der Waals surface area contributed by atoms with E-state index in [4.69, 9.17) is 0 Å². The van der Waals surface area contributed by atoms with Crippen molar-refractivity contribution >= 4 is 32.9 Å². The maximum absolute atomic E-state index is 13.1. The third kappa shape index (κ3) is 4.36. The highest BCUT2D eigenvalue weighted by Gasteiger charge is 2.37. The summed E-state index contributed by atoms with van der Waals surface area (Å²) in [4.78, 5) is 27.9. The maximum Gasteiger partial charge on any atom is 0.438 e. The molecule has 2 aromatic carbocycles. The average molecular weight is 440 g/mol. The number of amides is 1. The van der Waals surface area contributed by atoms with Crippen LogP contribution in [0.3, 0.4) is 0 Å². The highest BCUT2D eigenvalue weighted by molar-refractivity contribution is 9.10. The fourth-order valence-electron chi connectivity index (χ4n) is 2.58. The number of nitrogens with one attached hydrogen (secondary N) is 1. The summed E-state index contributed by atoms with van der Waals surface area (Å²) in [5.41, 5.74) is -1.93. The predicted octanol–water partition coefficient (Wildman–Crippen LogP) is 3.49. The molecule has 1 heterocycles. The first-order valence-corrected chi connectivity index (χ1v) is 8.63. The minimum absolute atomic E-state index is 0.00999. The van der Waals surface area contributed by atoms with Crippen molar-refractivity contribution in [2.24, 2.45) is 0 Å². The molecule has 140 valence electrons. The van der Waals surface area contributed by atoms with Gasteiger partial charge in [0.15, 0.2) is 0 Å². The lowest BCUT2D eigenvalue weighted by atomic mass is 10.2. The summed E-state index contributed by atoms with van der Waals surface area (Å²) < 4.78 is 41.0. The molecular weight excluding hydrogens is 427 g/mol. The van der Waals surface area contributed by atoms with Crippen molar-refractivity contribution < 1.29 is 18.0 Å². The molecule has 0 aliphatic rings. The van der Waals surface area contributed by atoms with Gasteiger partial charge in [0, 0.05) is 11.0 Å². The number of hydrogen-bond acceptors (Lipinski definition) is 3. The van der Waals surface area contributed by atoms with Crippen LogP contribution in [-0.2, 0) is 24.1 Å². The first-order valence-electron chi connectivity index (χ1n) is 7.83. The Morgan fingerprint density at radius 1 is 1.15 bits per heavy atom. The highest BCUT2D eigenvalue weighted by Crippen LogP contribution is 2.26. The quantitative estimate of drug-likeness (QED) is 0.676. The molecule has 0 spiro atoms. The number of carbonyl (C=O) groups excluding carboxylic acids is 1. The molecule has 3 rings (SSSR count). The third-order valence-electron chi connectivity index (χ3n) is 3.80. The summed E-state index contributed by atoms with van der Waals surface area (Å²) in [7, 11) is 0. The Morgan fingerprint density at radius 3 is 2.59 bits per heavy atom. The second-order valence-electron chi connectivity index (χ2n) is 5.74. The zero-order valence-corrected chi connectivity index (χ0v) is 15.3. The van der Waals surface area contributed by atoms with Crippen molar-refractivity contribution in [1.82, 2.24) is 14.9 Å². The van der Waals surface area contributed by atoms with Crippen LogP contribution in [0.5, 0.6) is 0 Å². The molecule has 1 N–H and O–H groups in total. The number of nitrogens with zero attached hydrogens (tertiary/aromatic N) is 2. The van der Waals surface area contributed by atoms with Crippen LogP contribution in [0.4, 0.5) is 13.2 Å². The molecule has 9 heteroatoms. The van der Waals surface area contributed by atoms with Crippen LogP contribution in [0, 0.1) is 0 Å². The molecule has 0 aliphatic heterocycles. The van der Waals surface area contributed by atoms with E-state index in [-0.39, 0.29) is 17.6 Å². The van der Waals surface area contributed by atoms with Gasteiger partial charge < -0.3 is 5.32 Å². The molecule has 1 aromatic heterocycles. The zero-order chi connectivity index (χ0) is 19.6. The SMILES string of the molecule is O=C(Cn1c(=O)c(C(F)(F)F)nc2ccccc21)NCc1cccc(Br)c1. The maximum atomic E-state index is 13.1. The average Bonchev–Trinajstić information content (AvgIpc) is 2.61. The summed E-state index contributed by atoms with van der Waals surface area (Å²) in [6.45, 7) is -0.360. The third-order valence-corrected chi connectivity index (χ3v) is 4.29. The summed E-state index contributed by atoms with van der Waals surface area (Å²) >= 11 is 3.31. The second-order valence-corrected chi connectivity index (χ2v) is 6.66. The molecule has 0 aliphatic carbocycles. The molecule has 1 amide bonds. The Labute approximate surface area is 160 Å². The molecule has 27 heavy (non-hydrogen) atoms. The Morgan fingerprint density at radius 2 is 1.89 bits per heavy atom. The van der Waals surface area contributed by atoms with Gasteiger partial charge in [-0.05, 0) is 29.8 Å². The van der Waals surface area contributed by atoms with Crippen LogP contribution in [0.2, 0.25) is 0 Å². The number of benzene rings is 2. The topological polar surface area (TPSA) is 64.0 Å². The van der Waals surface area contributed by atoms with Gasteiger partial charge in [0.2, 0.25) is 11.6 Å². The lowest BCUT2D eigenvalue weighted by Crippen LogP contribution is -2.36. The molecule has 0 bridgehead atoms. The molecule has 0 unspecified atom stereocenters. The molecule has 3 aromatic rings. The van der Waals surface area contributed by atoms with E-state index < -0.39 is 29.9 Å². The van der Waals surface area contributed by atoms with E-state index in [0.717, 1.165) is 14.6 Å². The van der Waals surface area contributed by atoms with E-state index in [1.807, 2.05) is 6.07 Å². The first-order chi connectivity index (χ1) is 12.8. The first kappa shape index (κ1) is 19.1. The Bertz CT molecular complexity index is 1060. The summed E-state index contributed by atoms with van der Waals surface area (Å²) in [5.74, 6) is -0.582. The van der Waals surface area contributed by atoms with Crippen molar-refractivity contribution in [2.45, 2.75) is 19.3 Å². The number of halogens is 4. The lowest BCUT2D eigenvalue weighted by molar-refractivity contribution is -0.142. The van der Waals surface area contributed by atoms with Crippen molar-refractivity contribution in [3.05, 3.63) is 74.6 Å². The Balaban J connectivity index is 1.90. The van der Waals surface area contributed by atoms with Crippen molar-refractivity contribution in [3.8, 4) is 0 Å². The fourth-order valence-corrected chi connectivity index (χ4v) is 3.03. The summed E-state index contributed by atoms with van der Waals surface area (Å²) in [6.07, 6.45) is -4.91. The van der Waals surface area contributed by atoms with Gasteiger partial charge in [-0.25, -0.2) is 4.98 Å². The van der Waals surface area contributed by atoms with Gasteiger partial charge >= 0.3 is 6.18 Å². The second kappa shape index (κ2) is 7.51. The van der Waals surface area contributed by atoms with Crippen LogP contribution in [0.1, 0.15) is 11.3 Å². The standard InChI is InChI=1S/C18H13BrF3N3O2/c19-12-5-3-4-11(8-12)9-23-15(26)10-25-14-7-2-1-6-13(14)24-16(17(25)27)18(20,21)22/h1-8H,9-10H2,(H,23,26). The van der Waals surface area contributed by atoms with Crippen molar-refractivity contribution in [1.29, 1.82) is 0 Å². The number of alkyl halides is 3. The number of fused-ring (bicyclic) bond motifs is 1. The van der Waals surface area contributed by atoms with Gasteiger partial charge in [0.05, 0.1) is 11.0 Å². The van der Waals surface area contributed by atoms with Crippen molar-refractivity contribution in [2.75, 3.05) is 0 Å². The van der Waals surface area contributed by atoms with Crippen LogP contribution >= 0.6 is 15.9 Å². The molecular formula is C18H13BrF3N3O2. The molecule has 0 fully saturated rings. The molecule has 0 radical (unpaired) electrons. The van der Waals surface area contributed by atoms with E-state index >= 15 is 0 Å². The van der Waals surface area contributed by atoms with Crippen LogP contribution in [0.15, 0.2) is 57.8 Å². The minimum Gasteiger partial charge on any atom is -0.350 e. The van der Waals surface area contributed by atoms with Gasteiger partial charge in [0.25, 0.3) is 5.56 Å². The Kier molecular flexibility index (Phi) is 5.31. The van der Waals surface area contributed by atoms with Gasteiger partial charge in [-0.2, -0.15) is 13.2 Å². The highest BCUT2D eigenvalue weighted by atomic mass is 79.9. The van der Waals surface area contributed by atoms with Gasteiger partial charge in [0.1, 0.15) is 6.54 Å². The fraction of sp³-hybridized carbons (Fsp3) is 0.167. The van der Waals surface area contributed by atoms with Crippen molar-refractivity contribution in [3.63, 3.8) is 0 Å². The van der Waals surface area contributed by atoms with Crippen LogP contribution in [-0.4, -0.2) is 15.5 Å². The molecule has 0 saturated heterocycles. The smallest absolute Gasteiger partial charge is 0.350 e. The van der Waals surface area contributed by atoms with E-state index in [1.54, 1.807) is 24.3 Å².